The van der Waals surface area contributed by atoms with Crippen LogP contribution in [0.2, 0.25) is 0 Å². The SMILES string of the molecule is CCOC(=O)c1ccc2nc(C)cc(NC(=O)C3CCCO3)c2c1. The fourth-order valence-corrected chi connectivity index (χ4v) is 2.80. The van der Waals surface area contributed by atoms with Gasteiger partial charge in [-0.05, 0) is 51.0 Å². The Kier molecular flexibility index (Phi) is 4.76. The van der Waals surface area contributed by atoms with Crippen LogP contribution in [0.5, 0.6) is 0 Å². The Morgan fingerprint density at radius 1 is 1.38 bits per heavy atom. The van der Waals surface area contributed by atoms with Gasteiger partial charge in [0.15, 0.2) is 0 Å². The van der Waals surface area contributed by atoms with Crippen LogP contribution >= 0.6 is 0 Å². The molecule has 2 aromatic rings. The number of aryl methyl sites for hydroxylation is 1. The topological polar surface area (TPSA) is 77.5 Å². The van der Waals surface area contributed by atoms with Gasteiger partial charge in [-0.25, -0.2) is 4.79 Å². The van der Waals surface area contributed by atoms with Gasteiger partial charge in [-0.2, -0.15) is 0 Å². The monoisotopic (exact) mass is 328 g/mol. The lowest BCUT2D eigenvalue weighted by molar-refractivity contribution is -0.124. The van der Waals surface area contributed by atoms with Gasteiger partial charge in [0.1, 0.15) is 6.10 Å². The van der Waals surface area contributed by atoms with E-state index in [0.717, 1.165) is 18.5 Å². The molecule has 0 bridgehead atoms. The van der Waals surface area contributed by atoms with E-state index in [1.54, 1.807) is 31.2 Å². The summed E-state index contributed by atoms with van der Waals surface area (Å²) in [5, 5.41) is 3.62. The Balaban J connectivity index is 1.96. The number of hydrogen-bond donors (Lipinski definition) is 1. The zero-order valence-corrected chi connectivity index (χ0v) is 13.8. The molecule has 1 aromatic carbocycles. The molecule has 0 saturated carbocycles. The number of ether oxygens (including phenoxy) is 2. The first-order chi connectivity index (χ1) is 11.6. The Morgan fingerprint density at radius 2 is 2.21 bits per heavy atom. The van der Waals surface area contributed by atoms with E-state index in [4.69, 9.17) is 9.47 Å². The summed E-state index contributed by atoms with van der Waals surface area (Å²) >= 11 is 0. The molecule has 1 fully saturated rings. The number of pyridine rings is 1. The molecule has 6 nitrogen and oxygen atoms in total. The van der Waals surface area contributed by atoms with Crippen molar-refractivity contribution in [3.8, 4) is 0 Å². The zero-order valence-electron chi connectivity index (χ0n) is 13.8. The maximum Gasteiger partial charge on any atom is 0.338 e. The quantitative estimate of drug-likeness (QED) is 0.873. The van der Waals surface area contributed by atoms with E-state index in [0.29, 0.717) is 35.4 Å². The van der Waals surface area contributed by atoms with Gasteiger partial charge in [-0.1, -0.05) is 0 Å². The molecule has 1 amide bonds. The minimum Gasteiger partial charge on any atom is -0.462 e. The van der Waals surface area contributed by atoms with E-state index in [1.807, 2.05) is 6.92 Å². The molecule has 24 heavy (non-hydrogen) atoms. The fourth-order valence-electron chi connectivity index (χ4n) is 2.80. The molecule has 2 heterocycles. The summed E-state index contributed by atoms with van der Waals surface area (Å²) in [6, 6.07) is 6.93. The molecule has 0 radical (unpaired) electrons. The smallest absolute Gasteiger partial charge is 0.338 e. The van der Waals surface area contributed by atoms with Gasteiger partial charge >= 0.3 is 5.97 Å². The van der Waals surface area contributed by atoms with Crippen molar-refractivity contribution in [2.75, 3.05) is 18.5 Å². The third kappa shape index (κ3) is 3.38. The van der Waals surface area contributed by atoms with Crippen molar-refractivity contribution >= 4 is 28.5 Å². The summed E-state index contributed by atoms with van der Waals surface area (Å²) in [7, 11) is 0. The Hall–Kier alpha value is -2.47. The van der Waals surface area contributed by atoms with Crippen LogP contribution in [-0.2, 0) is 14.3 Å². The predicted octanol–water partition coefficient (Wildman–Crippen LogP) is 2.84. The van der Waals surface area contributed by atoms with Gasteiger partial charge < -0.3 is 14.8 Å². The number of fused-ring (bicyclic) bond motifs is 1. The number of amides is 1. The molecular weight excluding hydrogens is 308 g/mol. The maximum atomic E-state index is 12.3. The van der Waals surface area contributed by atoms with Gasteiger partial charge in [0, 0.05) is 17.7 Å². The molecule has 1 unspecified atom stereocenters. The summed E-state index contributed by atoms with van der Waals surface area (Å²) in [6.07, 6.45) is 1.20. The zero-order chi connectivity index (χ0) is 17.1. The van der Waals surface area contributed by atoms with Crippen LogP contribution in [-0.4, -0.2) is 36.2 Å². The second-order valence-electron chi connectivity index (χ2n) is 5.75. The van der Waals surface area contributed by atoms with E-state index < -0.39 is 12.1 Å². The number of carbonyl (C=O) groups excluding carboxylic acids is 2. The van der Waals surface area contributed by atoms with Crippen LogP contribution in [0.25, 0.3) is 10.9 Å². The van der Waals surface area contributed by atoms with Crippen molar-refractivity contribution in [3.05, 3.63) is 35.5 Å². The average Bonchev–Trinajstić information content (AvgIpc) is 3.09. The second kappa shape index (κ2) is 6.97. The number of carbonyl (C=O) groups is 2. The van der Waals surface area contributed by atoms with Crippen molar-refractivity contribution in [1.29, 1.82) is 0 Å². The number of hydrogen-bond acceptors (Lipinski definition) is 5. The van der Waals surface area contributed by atoms with Gasteiger partial charge in [0.2, 0.25) is 0 Å². The Morgan fingerprint density at radius 3 is 2.92 bits per heavy atom. The van der Waals surface area contributed by atoms with Crippen LogP contribution in [0.4, 0.5) is 5.69 Å². The third-order valence-corrected chi connectivity index (χ3v) is 3.93. The van der Waals surface area contributed by atoms with Crippen LogP contribution < -0.4 is 5.32 Å². The molecule has 126 valence electrons. The van der Waals surface area contributed by atoms with Crippen LogP contribution in [0.3, 0.4) is 0 Å². The van der Waals surface area contributed by atoms with Crippen molar-refractivity contribution in [2.24, 2.45) is 0 Å². The summed E-state index contributed by atoms with van der Waals surface area (Å²) in [5.41, 5.74) is 2.56. The first-order valence-electron chi connectivity index (χ1n) is 8.09. The highest BCUT2D eigenvalue weighted by Gasteiger charge is 2.24. The number of anilines is 1. The Bertz CT molecular complexity index is 782. The fraction of sp³-hybridized carbons (Fsp3) is 0.389. The van der Waals surface area contributed by atoms with Crippen molar-refractivity contribution < 1.29 is 19.1 Å². The molecule has 1 N–H and O–H groups in total. The summed E-state index contributed by atoms with van der Waals surface area (Å²) in [6.45, 7) is 4.55. The normalized spacial score (nSPS) is 17.0. The largest absolute Gasteiger partial charge is 0.462 e. The van der Waals surface area contributed by atoms with Gasteiger partial charge in [0.25, 0.3) is 5.91 Å². The lowest BCUT2D eigenvalue weighted by Gasteiger charge is -2.13. The molecular formula is C18H20N2O4. The highest BCUT2D eigenvalue weighted by Crippen LogP contribution is 2.26. The minimum absolute atomic E-state index is 0.166. The lowest BCUT2D eigenvalue weighted by Crippen LogP contribution is -2.27. The molecule has 3 rings (SSSR count). The van der Waals surface area contributed by atoms with Crippen molar-refractivity contribution in [2.45, 2.75) is 32.8 Å². The summed E-state index contributed by atoms with van der Waals surface area (Å²) in [4.78, 5) is 28.7. The lowest BCUT2D eigenvalue weighted by atomic mass is 10.1. The molecule has 0 aliphatic carbocycles. The molecule has 1 saturated heterocycles. The second-order valence-corrected chi connectivity index (χ2v) is 5.75. The molecule has 1 atom stereocenters. The highest BCUT2D eigenvalue weighted by molar-refractivity contribution is 6.04. The molecule has 1 aliphatic heterocycles. The summed E-state index contributed by atoms with van der Waals surface area (Å²) < 4.78 is 10.5. The number of rotatable bonds is 4. The number of nitrogens with zero attached hydrogens (tertiary/aromatic N) is 1. The molecule has 1 aliphatic rings. The van der Waals surface area contributed by atoms with E-state index in [9.17, 15) is 9.59 Å². The standard InChI is InChI=1S/C18H20N2O4/c1-3-23-18(22)12-6-7-14-13(10-12)15(9-11(2)19-14)20-17(21)16-5-4-8-24-16/h6-7,9-10,16H,3-5,8H2,1-2H3,(H,19,20,21). The summed E-state index contributed by atoms with van der Waals surface area (Å²) in [5.74, 6) is -0.558. The average molecular weight is 328 g/mol. The van der Waals surface area contributed by atoms with Crippen LogP contribution in [0.1, 0.15) is 35.8 Å². The number of benzene rings is 1. The predicted molar refractivity (Wildman–Crippen MR) is 90.0 cm³/mol. The molecule has 0 spiro atoms. The van der Waals surface area contributed by atoms with Gasteiger partial charge in [0.05, 0.1) is 23.4 Å². The van der Waals surface area contributed by atoms with Crippen LogP contribution in [0, 0.1) is 6.92 Å². The van der Waals surface area contributed by atoms with Gasteiger partial charge in [-0.3, -0.25) is 9.78 Å². The number of aromatic nitrogens is 1. The first-order valence-corrected chi connectivity index (χ1v) is 8.09. The first kappa shape index (κ1) is 16.4. The van der Waals surface area contributed by atoms with Crippen LogP contribution in [0.15, 0.2) is 24.3 Å². The van der Waals surface area contributed by atoms with E-state index >= 15 is 0 Å². The molecule has 1 aromatic heterocycles. The number of esters is 1. The van der Waals surface area contributed by atoms with E-state index in [1.165, 1.54) is 0 Å². The van der Waals surface area contributed by atoms with E-state index in [2.05, 4.69) is 10.3 Å². The highest BCUT2D eigenvalue weighted by atomic mass is 16.5. The van der Waals surface area contributed by atoms with Crippen molar-refractivity contribution in [3.63, 3.8) is 0 Å². The van der Waals surface area contributed by atoms with Crippen molar-refractivity contribution in [1.82, 2.24) is 4.98 Å². The molecule has 6 heteroatoms. The van der Waals surface area contributed by atoms with E-state index in [-0.39, 0.29) is 5.91 Å². The minimum atomic E-state index is -0.415. The third-order valence-electron chi connectivity index (χ3n) is 3.93. The Labute approximate surface area is 140 Å². The van der Waals surface area contributed by atoms with Gasteiger partial charge in [-0.15, -0.1) is 0 Å². The maximum absolute atomic E-state index is 12.3. The number of nitrogens with one attached hydrogen (secondary N) is 1.